The highest BCUT2D eigenvalue weighted by molar-refractivity contribution is 6.30. The second-order valence-electron chi connectivity index (χ2n) is 4.87. The van der Waals surface area contributed by atoms with E-state index in [1.807, 2.05) is 13.8 Å². The van der Waals surface area contributed by atoms with Crippen molar-refractivity contribution >= 4 is 28.9 Å². The standard InChI is InChI=1S/C17H17ClN2O2/c1-12(2)19-20(15-8-10-16(22-3)11-9-15)17(21)13-4-6-14(18)7-5-13/h4-11H,1-3H3. The maximum Gasteiger partial charge on any atom is 0.278 e. The lowest BCUT2D eigenvalue weighted by atomic mass is 10.2. The molecule has 0 aromatic heterocycles. The van der Waals surface area contributed by atoms with Gasteiger partial charge in [0.15, 0.2) is 0 Å². The SMILES string of the molecule is COc1ccc(N(N=C(C)C)C(=O)c2ccc(Cl)cc2)cc1. The van der Waals surface area contributed by atoms with Gasteiger partial charge in [0, 0.05) is 16.3 Å². The number of nitrogens with zero attached hydrogens (tertiary/aromatic N) is 2. The molecule has 0 heterocycles. The summed E-state index contributed by atoms with van der Waals surface area (Å²) >= 11 is 5.86. The van der Waals surface area contributed by atoms with Crippen LogP contribution in [0, 0.1) is 0 Å². The van der Waals surface area contributed by atoms with E-state index in [2.05, 4.69) is 5.10 Å². The summed E-state index contributed by atoms with van der Waals surface area (Å²) in [5, 5.41) is 6.29. The molecule has 0 saturated carbocycles. The van der Waals surface area contributed by atoms with Gasteiger partial charge in [-0.05, 0) is 62.4 Å². The fourth-order valence-electron chi connectivity index (χ4n) is 1.86. The van der Waals surface area contributed by atoms with Crippen molar-refractivity contribution in [2.45, 2.75) is 13.8 Å². The summed E-state index contributed by atoms with van der Waals surface area (Å²) in [6, 6.07) is 13.9. The molecule has 2 rings (SSSR count). The van der Waals surface area contributed by atoms with Gasteiger partial charge < -0.3 is 4.74 Å². The molecule has 5 heteroatoms. The molecule has 114 valence electrons. The van der Waals surface area contributed by atoms with Gasteiger partial charge in [0.25, 0.3) is 5.91 Å². The summed E-state index contributed by atoms with van der Waals surface area (Å²) in [5.74, 6) is 0.503. The van der Waals surface area contributed by atoms with E-state index in [1.165, 1.54) is 5.01 Å². The Morgan fingerprint density at radius 1 is 1.05 bits per heavy atom. The molecule has 0 N–H and O–H groups in total. The van der Waals surface area contributed by atoms with Crippen LogP contribution in [0.15, 0.2) is 53.6 Å². The monoisotopic (exact) mass is 316 g/mol. The lowest BCUT2D eigenvalue weighted by Crippen LogP contribution is -2.26. The number of anilines is 1. The van der Waals surface area contributed by atoms with Crippen LogP contribution in [-0.2, 0) is 0 Å². The number of carbonyl (C=O) groups excluding carboxylic acids is 1. The van der Waals surface area contributed by atoms with Crippen molar-refractivity contribution in [3.05, 3.63) is 59.1 Å². The normalized spacial score (nSPS) is 10.0. The molecule has 0 saturated heterocycles. The third-order valence-electron chi connectivity index (χ3n) is 2.90. The molecule has 4 nitrogen and oxygen atoms in total. The Kier molecular flexibility index (Phi) is 5.17. The number of halogens is 1. The van der Waals surface area contributed by atoms with Gasteiger partial charge in [-0.1, -0.05) is 11.6 Å². The molecule has 1 amide bonds. The number of hydrogen-bond acceptors (Lipinski definition) is 3. The second kappa shape index (κ2) is 7.09. The van der Waals surface area contributed by atoms with Gasteiger partial charge in [-0.15, -0.1) is 0 Å². The van der Waals surface area contributed by atoms with Crippen molar-refractivity contribution < 1.29 is 9.53 Å². The summed E-state index contributed by atoms with van der Waals surface area (Å²) in [4.78, 5) is 12.7. The topological polar surface area (TPSA) is 41.9 Å². The zero-order valence-corrected chi connectivity index (χ0v) is 13.5. The zero-order valence-electron chi connectivity index (χ0n) is 12.7. The number of carbonyl (C=O) groups is 1. The highest BCUT2D eigenvalue weighted by Crippen LogP contribution is 2.22. The molecule has 0 spiro atoms. The average molecular weight is 317 g/mol. The van der Waals surface area contributed by atoms with Crippen LogP contribution < -0.4 is 9.75 Å². The molecule has 2 aromatic rings. The minimum atomic E-state index is -0.219. The largest absolute Gasteiger partial charge is 0.497 e. The molecule has 0 fully saturated rings. The van der Waals surface area contributed by atoms with E-state index in [-0.39, 0.29) is 5.91 Å². The fraction of sp³-hybridized carbons (Fsp3) is 0.176. The van der Waals surface area contributed by atoms with E-state index in [1.54, 1.807) is 55.6 Å². The maximum absolute atomic E-state index is 12.7. The first-order chi connectivity index (χ1) is 10.5. The molecule has 0 aliphatic rings. The van der Waals surface area contributed by atoms with E-state index >= 15 is 0 Å². The van der Waals surface area contributed by atoms with E-state index in [0.29, 0.717) is 16.3 Å². The molecule has 0 aliphatic carbocycles. The minimum absolute atomic E-state index is 0.219. The third kappa shape index (κ3) is 3.86. The first-order valence-electron chi connectivity index (χ1n) is 6.77. The summed E-state index contributed by atoms with van der Waals surface area (Å²) in [6.07, 6.45) is 0. The Bertz CT molecular complexity index is 675. The highest BCUT2D eigenvalue weighted by atomic mass is 35.5. The van der Waals surface area contributed by atoms with Crippen LogP contribution in [0.25, 0.3) is 0 Å². The number of benzene rings is 2. The summed E-state index contributed by atoms with van der Waals surface area (Å²) in [6.45, 7) is 3.68. The van der Waals surface area contributed by atoms with Crippen molar-refractivity contribution in [3.8, 4) is 5.75 Å². The smallest absolute Gasteiger partial charge is 0.278 e. The van der Waals surface area contributed by atoms with Gasteiger partial charge in [-0.25, -0.2) is 0 Å². The number of methoxy groups -OCH3 is 1. The minimum Gasteiger partial charge on any atom is -0.497 e. The Morgan fingerprint density at radius 2 is 1.64 bits per heavy atom. The third-order valence-corrected chi connectivity index (χ3v) is 3.15. The number of amides is 1. The van der Waals surface area contributed by atoms with Crippen LogP contribution in [0.3, 0.4) is 0 Å². The summed E-state index contributed by atoms with van der Waals surface area (Å²) < 4.78 is 5.13. The van der Waals surface area contributed by atoms with Crippen LogP contribution in [0.4, 0.5) is 5.69 Å². The lowest BCUT2D eigenvalue weighted by molar-refractivity contribution is 0.0987. The lowest BCUT2D eigenvalue weighted by Gasteiger charge is -2.18. The predicted octanol–water partition coefficient (Wildman–Crippen LogP) is 4.39. The van der Waals surface area contributed by atoms with E-state index in [9.17, 15) is 4.79 Å². The van der Waals surface area contributed by atoms with Crippen molar-refractivity contribution in [2.75, 3.05) is 12.1 Å². The first-order valence-corrected chi connectivity index (χ1v) is 7.15. The van der Waals surface area contributed by atoms with Gasteiger partial charge in [-0.3, -0.25) is 4.79 Å². The maximum atomic E-state index is 12.7. The van der Waals surface area contributed by atoms with Crippen molar-refractivity contribution in [1.29, 1.82) is 0 Å². The van der Waals surface area contributed by atoms with Gasteiger partial charge in [-0.2, -0.15) is 10.1 Å². The number of hydrogen-bond donors (Lipinski definition) is 0. The first kappa shape index (κ1) is 16.0. The van der Waals surface area contributed by atoms with Gasteiger partial charge in [0.2, 0.25) is 0 Å². The van der Waals surface area contributed by atoms with Crippen LogP contribution in [0.2, 0.25) is 5.02 Å². The Labute approximate surface area is 135 Å². The second-order valence-corrected chi connectivity index (χ2v) is 5.31. The van der Waals surface area contributed by atoms with Crippen LogP contribution in [-0.4, -0.2) is 18.7 Å². The van der Waals surface area contributed by atoms with Crippen LogP contribution in [0.1, 0.15) is 24.2 Å². The molecule has 0 aliphatic heterocycles. The van der Waals surface area contributed by atoms with Gasteiger partial charge in [0.05, 0.1) is 12.8 Å². The van der Waals surface area contributed by atoms with E-state index < -0.39 is 0 Å². The molecule has 22 heavy (non-hydrogen) atoms. The molecular weight excluding hydrogens is 300 g/mol. The average Bonchev–Trinajstić information content (AvgIpc) is 2.53. The molecule has 0 radical (unpaired) electrons. The number of hydrazone groups is 1. The Balaban J connectivity index is 2.38. The Morgan fingerprint density at radius 3 is 2.14 bits per heavy atom. The van der Waals surface area contributed by atoms with Crippen LogP contribution in [0.5, 0.6) is 5.75 Å². The molecule has 0 unspecified atom stereocenters. The fourth-order valence-corrected chi connectivity index (χ4v) is 1.98. The molecule has 0 atom stereocenters. The van der Waals surface area contributed by atoms with Crippen molar-refractivity contribution in [3.63, 3.8) is 0 Å². The molecule has 0 bridgehead atoms. The van der Waals surface area contributed by atoms with E-state index in [0.717, 1.165) is 11.5 Å². The van der Waals surface area contributed by atoms with E-state index in [4.69, 9.17) is 16.3 Å². The Hall–Kier alpha value is -2.33. The molecular formula is C17H17ClN2O2. The quantitative estimate of drug-likeness (QED) is 0.620. The summed E-state index contributed by atoms with van der Waals surface area (Å²) in [5.41, 5.74) is 1.96. The van der Waals surface area contributed by atoms with Gasteiger partial charge in [0.1, 0.15) is 5.75 Å². The van der Waals surface area contributed by atoms with Gasteiger partial charge >= 0.3 is 0 Å². The van der Waals surface area contributed by atoms with Crippen molar-refractivity contribution in [1.82, 2.24) is 0 Å². The van der Waals surface area contributed by atoms with Crippen LogP contribution >= 0.6 is 11.6 Å². The number of rotatable bonds is 4. The number of ether oxygens (including phenoxy) is 1. The summed E-state index contributed by atoms with van der Waals surface area (Å²) in [7, 11) is 1.60. The zero-order chi connectivity index (χ0) is 16.1. The molecule has 2 aromatic carbocycles. The van der Waals surface area contributed by atoms with Crippen molar-refractivity contribution in [2.24, 2.45) is 5.10 Å². The predicted molar refractivity (Wildman–Crippen MR) is 90.0 cm³/mol. The highest BCUT2D eigenvalue weighted by Gasteiger charge is 2.17.